The van der Waals surface area contributed by atoms with Gasteiger partial charge in [-0.25, -0.2) is 14.7 Å². The number of nitrogen functional groups attached to an aromatic ring is 1. The second-order valence-electron chi connectivity index (χ2n) is 8.64. The van der Waals surface area contributed by atoms with E-state index in [-0.39, 0.29) is 28.2 Å². The normalized spacial score (nSPS) is 14.5. The van der Waals surface area contributed by atoms with Crippen molar-refractivity contribution in [1.29, 1.82) is 0 Å². The van der Waals surface area contributed by atoms with Crippen LogP contribution in [0.5, 0.6) is 11.6 Å². The molecule has 0 unspecified atom stereocenters. The molecule has 35 heavy (non-hydrogen) atoms. The lowest BCUT2D eigenvalue weighted by molar-refractivity contribution is 0.0843. The Morgan fingerprint density at radius 3 is 2.40 bits per heavy atom. The number of sulfonamides is 1. The van der Waals surface area contributed by atoms with Crippen LogP contribution in [0.15, 0.2) is 47.5 Å². The number of ether oxygens (including phenoxy) is 2. The highest BCUT2D eigenvalue weighted by Gasteiger charge is 2.26. The second-order valence-corrected chi connectivity index (χ2v) is 10.3. The third-order valence-corrected chi connectivity index (χ3v) is 7.05. The number of amides is 1. The van der Waals surface area contributed by atoms with Crippen molar-refractivity contribution >= 4 is 21.7 Å². The van der Waals surface area contributed by atoms with Gasteiger partial charge in [0.15, 0.2) is 5.03 Å². The summed E-state index contributed by atoms with van der Waals surface area (Å²) in [6.45, 7) is 7.07. The molecule has 9 nitrogen and oxygen atoms in total. The number of aromatic nitrogens is 2. The number of rotatable bonds is 6. The summed E-state index contributed by atoms with van der Waals surface area (Å²) in [4.78, 5) is 21.6. The van der Waals surface area contributed by atoms with Crippen LogP contribution in [0, 0.1) is 20.8 Å². The van der Waals surface area contributed by atoms with E-state index in [1.54, 1.807) is 12.1 Å². The Bertz CT molecular complexity index is 1350. The second kappa shape index (κ2) is 10.0. The van der Waals surface area contributed by atoms with Crippen molar-refractivity contribution in [2.24, 2.45) is 0 Å². The van der Waals surface area contributed by atoms with E-state index in [4.69, 9.17) is 15.2 Å². The average Bonchev–Trinajstić information content (AvgIpc) is 2.81. The van der Waals surface area contributed by atoms with Gasteiger partial charge in [0, 0.05) is 24.8 Å². The smallest absolute Gasteiger partial charge is 0.281 e. The van der Waals surface area contributed by atoms with Gasteiger partial charge in [-0.1, -0.05) is 23.8 Å². The van der Waals surface area contributed by atoms with Crippen molar-refractivity contribution in [3.8, 4) is 11.6 Å². The summed E-state index contributed by atoms with van der Waals surface area (Å²) in [5.74, 6) is -0.0858. The Morgan fingerprint density at radius 2 is 1.74 bits per heavy atom. The highest BCUT2D eigenvalue weighted by atomic mass is 32.2. The Labute approximate surface area is 204 Å². The molecule has 0 aliphatic carbocycles. The van der Waals surface area contributed by atoms with Gasteiger partial charge in [0.1, 0.15) is 17.1 Å². The minimum atomic E-state index is -4.26. The third kappa shape index (κ3) is 5.60. The molecule has 3 aromatic rings. The summed E-state index contributed by atoms with van der Waals surface area (Å²) in [6, 6.07) is 11.4. The maximum atomic E-state index is 13.2. The summed E-state index contributed by atoms with van der Waals surface area (Å²) in [5, 5.41) is -0.356. The zero-order valence-corrected chi connectivity index (χ0v) is 20.7. The van der Waals surface area contributed by atoms with Crippen LogP contribution in [-0.2, 0) is 14.8 Å². The quantitative estimate of drug-likeness (QED) is 0.527. The van der Waals surface area contributed by atoms with E-state index in [1.165, 1.54) is 18.2 Å². The van der Waals surface area contributed by atoms with Crippen molar-refractivity contribution in [3.05, 3.63) is 70.4 Å². The summed E-state index contributed by atoms with van der Waals surface area (Å²) in [5.41, 5.74) is 9.20. The number of nitrogens with one attached hydrogen (secondary N) is 1. The molecule has 0 atom stereocenters. The van der Waals surface area contributed by atoms with Gasteiger partial charge in [-0.3, -0.25) is 4.79 Å². The first-order valence-electron chi connectivity index (χ1n) is 11.3. The van der Waals surface area contributed by atoms with Gasteiger partial charge >= 0.3 is 0 Å². The van der Waals surface area contributed by atoms with Crippen LogP contribution in [0.3, 0.4) is 0 Å². The molecular formula is C25H28N4O5S. The number of benzene rings is 1. The van der Waals surface area contributed by atoms with E-state index in [9.17, 15) is 13.2 Å². The highest BCUT2D eigenvalue weighted by Crippen LogP contribution is 2.33. The van der Waals surface area contributed by atoms with Crippen LogP contribution in [0.1, 0.15) is 51.5 Å². The number of carbonyl (C=O) groups excluding carboxylic acids is 1. The maximum absolute atomic E-state index is 13.2. The molecule has 0 spiro atoms. The highest BCUT2D eigenvalue weighted by molar-refractivity contribution is 7.90. The van der Waals surface area contributed by atoms with Crippen molar-refractivity contribution in [2.45, 2.75) is 44.6 Å². The summed E-state index contributed by atoms with van der Waals surface area (Å²) in [6.07, 6.45) is 1.60. The fraction of sp³-hybridized carbons (Fsp3) is 0.320. The van der Waals surface area contributed by atoms with E-state index in [0.717, 1.165) is 35.2 Å². The SMILES string of the molecule is Cc1cc(C)c(Oc2nc(C3CCOCC3)ccc2C(=O)NS(=O)(=O)c2cccc(N)n2)c(C)c1. The van der Waals surface area contributed by atoms with Crippen LogP contribution in [0.25, 0.3) is 0 Å². The first kappa shape index (κ1) is 24.6. The topological polar surface area (TPSA) is 134 Å². The molecule has 0 bridgehead atoms. The summed E-state index contributed by atoms with van der Waals surface area (Å²) < 4.78 is 39.2. The van der Waals surface area contributed by atoms with Gasteiger partial charge in [-0.15, -0.1) is 0 Å². The molecule has 184 valence electrons. The molecule has 3 heterocycles. The third-order valence-electron chi connectivity index (χ3n) is 5.82. The van der Waals surface area contributed by atoms with Crippen LogP contribution in [0.2, 0.25) is 0 Å². The minimum absolute atomic E-state index is 0.00679. The Balaban J connectivity index is 1.72. The fourth-order valence-electron chi connectivity index (χ4n) is 4.16. The molecule has 1 aliphatic heterocycles. The van der Waals surface area contributed by atoms with Gasteiger partial charge in [0.2, 0.25) is 5.88 Å². The van der Waals surface area contributed by atoms with Crippen LogP contribution in [-0.4, -0.2) is 37.5 Å². The molecule has 0 radical (unpaired) electrons. The van der Waals surface area contributed by atoms with Crippen molar-refractivity contribution < 1.29 is 22.7 Å². The molecule has 4 rings (SSSR count). The lowest BCUT2D eigenvalue weighted by Gasteiger charge is -2.23. The lowest BCUT2D eigenvalue weighted by Crippen LogP contribution is -2.31. The number of nitrogens with two attached hydrogens (primary N) is 1. The predicted octanol–water partition coefficient (Wildman–Crippen LogP) is 3.79. The molecule has 1 saturated heterocycles. The molecule has 1 aliphatic rings. The van der Waals surface area contributed by atoms with E-state index >= 15 is 0 Å². The average molecular weight is 497 g/mol. The zero-order chi connectivity index (χ0) is 25.2. The van der Waals surface area contributed by atoms with E-state index in [1.807, 2.05) is 32.9 Å². The number of hydrogen-bond acceptors (Lipinski definition) is 8. The molecule has 0 saturated carbocycles. The number of hydrogen-bond donors (Lipinski definition) is 2. The van der Waals surface area contributed by atoms with Crippen molar-refractivity contribution in [3.63, 3.8) is 0 Å². The zero-order valence-electron chi connectivity index (χ0n) is 19.9. The van der Waals surface area contributed by atoms with E-state index < -0.39 is 15.9 Å². The minimum Gasteiger partial charge on any atom is -0.438 e. The Morgan fingerprint density at radius 1 is 1.06 bits per heavy atom. The van der Waals surface area contributed by atoms with Crippen molar-refractivity contribution in [2.75, 3.05) is 18.9 Å². The first-order chi connectivity index (χ1) is 16.6. The molecular weight excluding hydrogens is 468 g/mol. The van der Waals surface area contributed by atoms with Crippen molar-refractivity contribution in [1.82, 2.24) is 14.7 Å². The summed E-state index contributed by atoms with van der Waals surface area (Å²) in [7, 11) is -4.26. The lowest BCUT2D eigenvalue weighted by atomic mass is 9.95. The van der Waals surface area contributed by atoms with Crippen LogP contribution in [0.4, 0.5) is 5.82 Å². The largest absolute Gasteiger partial charge is 0.438 e. The van der Waals surface area contributed by atoms with E-state index in [2.05, 4.69) is 14.7 Å². The Kier molecular flexibility index (Phi) is 7.04. The van der Waals surface area contributed by atoms with Crippen LogP contribution < -0.4 is 15.2 Å². The molecule has 1 aromatic carbocycles. The monoisotopic (exact) mass is 496 g/mol. The van der Waals surface area contributed by atoms with E-state index in [0.29, 0.717) is 19.0 Å². The van der Waals surface area contributed by atoms with Gasteiger partial charge in [-0.2, -0.15) is 8.42 Å². The summed E-state index contributed by atoms with van der Waals surface area (Å²) >= 11 is 0. The standard InChI is InChI=1S/C25H28N4O5S/c1-15-13-16(2)23(17(3)14-15)34-25-19(7-8-20(27-25)18-9-11-33-12-10-18)24(30)29-35(31,32)22-6-4-5-21(26)28-22/h4-8,13-14,18H,9-12H2,1-3H3,(H2,26,28)(H,29,30). The molecule has 3 N–H and O–H groups in total. The van der Waals surface area contributed by atoms with Gasteiger partial charge in [0.25, 0.3) is 15.9 Å². The Hall–Kier alpha value is -3.50. The predicted molar refractivity (Wildman–Crippen MR) is 131 cm³/mol. The number of pyridine rings is 2. The number of aryl methyl sites for hydroxylation is 3. The van der Waals surface area contributed by atoms with Gasteiger partial charge in [0.05, 0.1) is 0 Å². The fourth-order valence-corrected chi connectivity index (χ4v) is 5.10. The molecule has 10 heteroatoms. The first-order valence-corrected chi connectivity index (χ1v) is 12.8. The van der Waals surface area contributed by atoms with Gasteiger partial charge in [-0.05, 0) is 69.0 Å². The van der Waals surface area contributed by atoms with Gasteiger partial charge < -0.3 is 15.2 Å². The molecule has 1 fully saturated rings. The molecule has 2 aromatic heterocycles. The number of nitrogens with zero attached hydrogens (tertiary/aromatic N) is 2. The maximum Gasteiger partial charge on any atom is 0.281 e. The molecule has 1 amide bonds. The number of anilines is 1. The number of carbonyl (C=O) groups is 1. The van der Waals surface area contributed by atoms with Crippen LogP contribution >= 0.6 is 0 Å².